The summed E-state index contributed by atoms with van der Waals surface area (Å²) >= 11 is 0. The lowest BCUT2D eigenvalue weighted by Gasteiger charge is -2.46. The van der Waals surface area contributed by atoms with Gasteiger partial charge in [0.15, 0.2) is 0 Å². The Morgan fingerprint density at radius 3 is 2.68 bits per heavy atom. The molecule has 1 heterocycles. The number of halogens is 1. The first-order valence-electron chi connectivity index (χ1n) is 12.1. The van der Waals surface area contributed by atoms with Gasteiger partial charge in [0.25, 0.3) is 0 Å². The Bertz CT molecular complexity index is 768. The van der Waals surface area contributed by atoms with E-state index < -0.39 is 11.8 Å². The van der Waals surface area contributed by atoms with Crippen molar-refractivity contribution in [3.63, 3.8) is 0 Å². The number of nitriles is 1. The molecule has 0 aromatic carbocycles. The molecular weight excluding hydrogens is 391 g/mol. The van der Waals surface area contributed by atoms with E-state index in [1.807, 2.05) is 0 Å². The molecule has 2 N–H and O–H groups in total. The van der Waals surface area contributed by atoms with Crippen molar-refractivity contribution in [2.75, 3.05) is 7.11 Å². The van der Waals surface area contributed by atoms with Gasteiger partial charge >= 0.3 is 0 Å². The molecule has 31 heavy (non-hydrogen) atoms. The summed E-state index contributed by atoms with van der Waals surface area (Å²) in [6.45, 7) is 8.60. The first kappa shape index (κ1) is 22.8. The van der Waals surface area contributed by atoms with E-state index in [-0.39, 0.29) is 35.3 Å². The Morgan fingerprint density at radius 1 is 1.29 bits per heavy atom. The Balaban J connectivity index is 1.49. The predicted octanol–water partition coefficient (Wildman–Crippen LogP) is 5.05. The van der Waals surface area contributed by atoms with Crippen LogP contribution in [0.1, 0.15) is 71.6 Å². The molecule has 172 valence electrons. The van der Waals surface area contributed by atoms with Gasteiger partial charge in [-0.2, -0.15) is 5.26 Å². The maximum absolute atomic E-state index is 14.3. The van der Waals surface area contributed by atoms with Gasteiger partial charge in [-0.3, -0.25) is 0 Å². The number of methoxy groups -OCH3 is 1. The van der Waals surface area contributed by atoms with E-state index in [9.17, 15) is 14.8 Å². The third-order valence-corrected chi connectivity index (χ3v) is 8.51. The summed E-state index contributed by atoms with van der Waals surface area (Å²) in [5, 5.41) is 24.9. The highest BCUT2D eigenvalue weighted by Crippen LogP contribution is 2.53. The van der Waals surface area contributed by atoms with E-state index in [0.717, 1.165) is 43.4 Å². The molecule has 0 radical (unpaired) electrons. The summed E-state index contributed by atoms with van der Waals surface area (Å²) in [5.74, 6) is 0.703. The second-order valence-electron chi connectivity index (χ2n) is 11.4. The predicted molar refractivity (Wildman–Crippen MR) is 120 cm³/mol. The molecule has 5 heteroatoms. The van der Waals surface area contributed by atoms with Crippen LogP contribution in [0.2, 0.25) is 0 Å². The van der Waals surface area contributed by atoms with Crippen LogP contribution >= 0.6 is 0 Å². The molecule has 0 saturated heterocycles. The zero-order valence-electron chi connectivity index (χ0n) is 19.4. The average Bonchev–Trinajstić information content (AvgIpc) is 3.49. The summed E-state index contributed by atoms with van der Waals surface area (Å²) < 4.78 is 20.1. The van der Waals surface area contributed by atoms with E-state index in [2.05, 4.69) is 37.9 Å². The van der Waals surface area contributed by atoms with Gasteiger partial charge in [0.05, 0.1) is 23.7 Å². The quantitative estimate of drug-likeness (QED) is 0.555. The molecule has 3 aliphatic carbocycles. The van der Waals surface area contributed by atoms with Crippen LogP contribution in [-0.4, -0.2) is 36.1 Å². The van der Waals surface area contributed by atoms with Crippen LogP contribution in [0.4, 0.5) is 4.39 Å². The van der Waals surface area contributed by atoms with Crippen molar-refractivity contribution >= 4 is 0 Å². The number of alkyl halides is 1. The minimum Gasteiger partial charge on any atom is -0.389 e. The maximum atomic E-state index is 14.3. The van der Waals surface area contributed by atoms with Gasteiger partial charge < -0.3 is 15.2 Å². The highest BCUT2D eigenvalue weighted by Gasteiger charge is 2.51. The standard InChI is InChI=1S/C26H39FN2O2/c1-16-9-17(14-28)10-23-21(16)12-20(29-23)13-26(30,18-5-6-18)15-25(2,3)22-11-19(27)7-8-24(22)31-4/h12,17-19,21-24,29-30H,1,5-11,13,15H2,2-4H3. The fourth-order valence-corrected chi connectivity index (χ4v) is 6.79. The molecule has 7 atom stereocenters. The number of nitrogens with one attached hydrogen (secondary N) is 1. The number of ether oxygens (including phenoxy) is 1. The first-order chi connectivity index (χ1) is 14.6. The van der Waals surface area contributed by atoms with E-state index in [4.69, 9.17) is 4.74 Å². The molecule has 0 amide bonds. The van der Waals surface area contributed by atoms with Gasteiger partial charge in [0.2, 0.25) is 0 Å². The zero-order valence-corrected chi connectivity index (χ0v) is 19.4. The molecule has 4 nitrogen and oxygen atoms in total. The molecule has 0 spiro atoms. The van der Waals surface area contributed by atoms with Gasteiger partial charge in [0.1, 0.15) is 6.17 Å². The first-order valence-corrected chi connectivity index (χ1v) is 12.1. The van der Waals surface area contributed by atoms with E-state index in [1.165, 1.54) is 0 Å². The van der Waals surface area contributed by atoms with Crippen LogP contribution in [0.15, 0.2) is 23.9 Å². The van der Waals surface area contributed by atoms with E-state index >= 15 is 0 Å². The Morgan fingerprint density at radius 2 is 2.03 bits per heavy atom. The van der Waals surface area contributed by atoms with Crippen LogP contribution in [0.5, 0.6) is 0 Å². The Labute approximate surface area is 186 Å². The van der Waals surface area contributed by atoms with Crippen molar-refractivity contribution in [2.45, 2.75) is 95.6 Å². The molecule has 3 fully saturated rings. The van der Waals surface area contributed by atoms with Crippen molar-refractivity contribution in [1.29, 1.82) is 5.26 Å². The number of hydrogen-bond acceptors (Lipinski definition) is 4. The fourth-order valence-electron chi connectivity index (χ4n) is 6.79. The summed E-state index contributed by atoms with van der Waals surface area (Å²) in [5.41, 5.74) is 1.20. The highest BCUT2D eigenvalue weighted by atomic mass is 19.1. The van der Waals surface area contributed by atoms with Crippen LogP contribution < -0.4 is 5.32 Å². The number of hydrogen-bond donors (Lipinski definition) is 2. The second kappa shape index (κ2) is 8.52. The molecule has 0 bridgehead atoms. The van der Waals surface area contributed by atoms with Crippen molar-refractivity contribution in [3.05, 3.63) is 23.9 Å². The minimum atomic E-state index is -0.798. The lowest BCUT2D eigenvalue weighted by molar-refractivity contribution is -0.0890. The van der Waals surface area contributed by atoms with Crippen molar-refractivity contribution in [2.24, 2.45) is 29.1 Å². The largest absolute Gasteiger partial charge is 0.389 e. The normalized spacial score (nSPS) is 37.9. The van der Waals surface area contributed by atoms with Gasteiger partial charge in [-0.05, 0) is 68.6 Å². The maximum Gasteiger partial charge on any atom is 0.101 e. The number of fused-ring (bicyclic) bond motifs is 1. The van der Waals surface area contributed by atoms with Gasteiger partial charge in [0, 0.05) is 31.2 Å². The van der Waals surface area contributed by atoms with Crippen LogP contribution in [0.3, 0.4) is 0 Å². The van der Waals surface area contributed by atoms with Crippen molar-refractivity contribution in [3.8, 4) is 6.07 Å². The van der Waals surface area contributed by atoms with Crippen LogP contribution in [0.25, 0.3) is 0 Å². The van der Waals surface area contributed by atoms with E-state index in [1.54, 1.807) is 7.11 Å². The number of aliphatic hydroxyl groups is 1. The summed E-state index contributed by atoms with van der Waals surface area (Å²) in [6, 6.07) is 2.63. The fraction of sp³-hybridized carbons (Fsp3) is 0.808. The summed E-state index contributed by atoms with van der Waals surface area (Å²) in [4.78, 5) is 0. The molecule has 4 aliphatic rings. The summed E-state index contributed by atoms with van der Waals surface area (Å²) in [6.07, 6.45) is 8.35. The van der Waals surface area contributed by atoms with Crippen molar-refractivity contribution in [1.82, 2.24) is 5.32 Å². The van der Waals surface area contributed by atoms with Gasteiger partial charge in [-0.15, -0.1) is 0 Å². The van der Waals surface area contributed by atoms with Crippen molar-refractivity contribution < 1.29 is 14.2 Å². The Kier molecular flexibility index (Phi) is 6.27. The Hall–Kier alpha value is -1.38. The lowest BCUT2D eigenvalue weighted by atomic mass is 9.63. The zero-order chi connectivity index (χ0) is 22.4. The second-order valence-corrected chi connectivity index (χ2v) is 11.4. The topological polar surface area (TPSA) is 65.3 Å². The molecular formula is C26H39FN2O2. The van der Waals surface area contributed by atoms with Crippen LogP contribution in [-0.2, 0) is 4.74 Å². The van der Waals surface area contributed by atoms with Gasteiger partial charge in [-0.25, -0.2) is 4.39 Å². The molecule has 0 aromatic heterocycles. The highest BCUT2D eigenvalue weighted by molar-refractivity contribution is 5.29. The third kappa shape index (κ3) is 4.71. The van der Waals surface area contributed by atoms with Crippen LogP contribution in [0, 0.1) is 40.4 Å². The molecule has 4 rings (SSSR count). The van der Waals surface area contributed by atoms with Gasteiger partial charge in [-0.1, -0.05) is 32.1 Å². The molecule has 0 aromatic rings. The number of nitrogens with zero attached hydrogens (tertiary/aromatic N) is 1. The lowest BCUT2D eigenvalue weighted by Crippen LogP contribution is -2.47. The average molecular weight is 431 g/mol. The minimum absolute atomic E-state index is 0.0289. The summed E-state index contributed by atoms with van der Waals surface area (Å²) in [7, 11) is 1.73. The van der Waals surface area contributed by atoms with E-state index in [0.29, 0.717) is 31.6 Å². The number of rotatable bonds is 7. The molecule has 3 saturated carbocycles. The molecule has 1 aliphatic heterocycles. The molecule has 7 unspecified atom stereocenters. The monoisotopic (exact) mass is 430 g/mol. The smallest absolute Gasteiger partial charge is 0.101 e. The SMILES string of the molecule is C=C1CC(C#N)CC2NC(CC(O)(CC(C)(C)C3CC(F)CCC3OC)C3CC3)=CC12. The third-order valence-electron chi connectivity index (χ3n) is 8.51.